The molecule has 2 aliphatic rings. The number of ketones is 1. The van der Waals surface area contributed by atoms with Crippen LogP contribution in [0.5, 0.6) is 0 Å². The van der Waals surface area contributed by atoms with Gasteiger partial charge in [0, 0.05) is 17.4 Å². The summed E-state index contributed by atoms with van der Waals surface area (Å²) in [7, 11) is 0. The van der Waals surface area contributed by atoms with Crippen LogP contribution in [0.25, 0.3) is 0 Å². The van der Waals surface area contributed by atoms with Crippen molar-refractivity contribution in [1.29, 1.82) is 0 Å². The van der Waals surface area contributed by atoms with Crippen LogP contribution in [0.3, 0.4) is 0 Å². The van der Waals surface area contributed by atoms with Gasteiger partial charge in [-0.15, -0.1) is 0 Å². The van der Waals surface area contributed by atoms with E-state index in [4.69, 9.17) is 0 Å². The fourth-order valence-electron chi connectivity index (χ4n) is 3.05. The second-order valence-electron chi connectivity index (χ2n) is 4.82. The Bertz CT molecular complexity index is 449. The Morgan fingerprint density at radius 1 is 1.25 bits per heavy atom. The maximum atomic E-state index is 13.3. The quantitative estimate of drug-likeness (QED) is 0.723. The van der Waals surface area contributed by atoms with Crippen molar-refractivity contribution in [2.45, 2.75) is 24.7 Å². The fourth-order valence-corrected chi connectivity index (χ4v) is 3.05. The normalized spacial score (nSPS) is 22.4. The molecule has 0 aromatic heterocycles. The monoisotopic (exact) mass is 219 g/mol. The third kappa shape index (κ3) is 1.31. The van der Waals surface area contributed by atoms with Gasteiger partial charge in [0.1, 0.15) is 5.82 Å². The molecule has 2 nitrogen and oxygen atoms in total. The average molecular weight is 219 g/mol. The van der Waals surface area contributed by atoms with Gasteiger partial charge in [0.2, 0.25) is 0 Å². The third-order valence-corrected chi connectivity index (χ3v) is 3.91. The van der Waals surface area contributed by atoms with Gasteiger partial charge in [-0.1, -0.05) is 0 Å². The minimum absolute atomic E-state index is 0.0836. The van der Waals surface area contributed by atoms with Crippen molar-refractivity contribution in [3.8, 4) is 0 Å². The standard InChI is InChI=1S/C13H14FNO/c14-9-1-2-10-11(7-9)13(8-12(10)16)3-5-15-6-4-13/h1-2,7,15H,3-6,8H2. The SMILES string of the molecule is O=C1CC2(CCNCC2)c2cc(F)ccc21. The lowest BCUT2D eigenvalue weighted by Gasteiger charge is -2.34. The van der Waals surface area contributed by atoms with Gasteiger partial charge in [0.05, 0.1) is 0 Å². The second kappa shape index (κ2) is 3.39. The molecule has 1 saturated heterocycles. The van der Waals surface area contributed by atoms with E-state index in [1.807, 2.05) is 0 Å². The van der Waals surface area contributed by atoms with Crippen LogP contribution in [-0.4, -0.2) is 18.9 Å². The Balaban J connectivity index is 2.12. The minimum atomic E-state index is -0.230. The summed E-state index contributed by atoms with van der Waals surface area (Å²) in [5, 5.41) is 3.29. The number of carbonyl (C=O) groups is 1. The van der Waals surface area contributed by atoms with Crippen molar-refractivity contribution < 1.29 is 9.18 Å². The van der Waals surface area contributed by atoms with Crippen LogP contribution in [0.15, 0.2) is 18.2 Å². The van der Waals surface area contributed by atoms with Crippen LogP contribution in [0, 0.1) is 5.82 Å². The van der Waals surface area contributed by atoms with Crippen molar-refractivity contribution in [2.75, 3.05) is 13.1 Å². The predicted octanol–water partition coefficient (Wildman–Crippen LogP) is 2.03. The molecule has 0 saturated carbocycles. The van der Waals surface area contributed by atoms with Crippen molar-refractivity contribution >= 4 is 5.78 Å². The highest BCUT2D eigenvalue weighted by Gasteiger charge is 2.43. The zero-order valence-corrected chi connectivity index (χ0v) is 9.05. The van der Waals surface area contributed by atoms with E-state index in [2.05, 4.69) is 5.32 Å². The number of piperidine rings is 1. The molecule has 1 spiro atoms. The Labute approximate surface area is 93.9 Å². The number of Topliss-reactive ketones (excluding diaryl/α,β-unsaturated/α-hetero) is 1. The van der Waals surface area contributed by atoms with Crippen LogP contribution >= 0.6 is 0 Å². The van der Waals surface area contributed by atoms with Crippen molar-refractivity contribution in [3.05, 3.63) is 35.1 Å². The number of hydrogen-bond donors (Lipinski definition) is 1. The van der Waals surface area contributed by atoms with E-state index in [1.54, 1.807) is 12.1 Å². The molecule has 0 unspecified atom stereocenters. The summed E-state index contributed by atoms with van der Waals surface area (Å²) in [4.78, 5) is 11.9. The highest BCUT2D eigenvalue weighted by atomic mass is 19.1. The number of halogens is 1. The van der Waals surface area contributed by atoms with Crippen molar-refractivity contribution in [3.63, 3.8) is 0 Å². The zero-order chi connectivity index (χ0) is 11.2. The van der Waals surface area contributed by atoms with Crippen LogP contribution in [0.1, 0.15) is 35.2 Å². The van der Waals surface area contributed by atoms with Gasteiger partial charge in [0.25, 0.3) is 0 Å². The first-order valence-corrected chi connectivity index (χ1v) is 5.75. The van der Waals surface area contributed by atoms with Gasteiger partial charge in [-0.05, 0) is 49.7 Å². The largest absolute Gasteiger partial charge is 0.317 e. The maximum absolute atomic E-state index is 13.3. The van der Waals surface area contributed by atoms with Gasteiger partial charge in [0.15, 0.2) is 5.78 Å². The number of rotatable bonds is 0. The lowest BCUT2D eigenvalue weighted by molar-refractivity contribution is 0.0964. The Hall–Kier alpha value is -1.22. The van der Waals surface area contributed by atoms with Gasteiger partial charge >= 0.3 is 0 Å². The first kappa shape index (κ1) is 9.97. The first-order valence-electron chi connectivity index (χ1n) is 5.75. The molecule has 1 aliphatic carbocycles. The van der Waals surface area contributed by atoms with Crippen molar-refractivity contribution in [2.24, 2.45) is 0 Å². The Morgan fingerprint density at radius 2 is 2.00 bits per heavy atom. The third-order valence-electron chi connectivity index (χ3n) is 3.91. The van der Waals surface area contributed by atoms with Gasteiger partial charge in [-0.3, -0.25) is 4.79 Å². The first-order chi connectivity index (χ1) is 7.71. The van der Waals surface area contributed by atoms with E-state index in [0.717, 1.165) is 37.1 Å². The second-order valence-corrected chi connectivity index (χ2v) is 4.82. The summed E-state index contributed by atoms with van der Waals surface area (Å²) >= 11 is 0. The highest BCUT2D eigenvalue weighted by Crippen LogP contribution is 2.45. The van der Waals surface area contributed by atoms with Gasteiger partial charge < -0.3 is 5.32 Å². The minimum Gasteiger partial charge on any atom is -0.317 e. The summed E-state index contributed by atoms with van der Waals surface area (Å²) in [6.07, 6.45) is 2.44. The smallest absolute Gasteiger partial charge is 0.164 e. The molecule has 84 valence electrons. The van der Waals surface area contributed by atoms with E-state index in [0.29, 0.717) is 6.42 Å². The molecule has 3 heteroatoms. The van der Waals surface area contributed by atoms with E-state index >= 15 is 0 Å². The lowest BCUT2D eigenvalue weighted by atomic mass is 9.74. The molecule has 0 amide bonds. The molecule has 0 bridgehead atoms. The van der Waals surface area contributed by atoms with E-state index in [9.17, 15) is 9.18 Å². The zero-order valence-electron chi connectivity index (χ0n) is 9.05. The molecule has 3 rings (SSSR count). The highest BCUT2D eigenvalue weighted by molar-refractivity contribution is 6.02. The van der Waals surface area contributed by atoms with E-state index < -0.39 is 0 Å². The van der Waals surface area contributed by atoms with Crippen LogP contribution in [-0.2, 0) is 5.41 Å². The van der Waals surface area contributed by atoms with Gasteiger partial charge in [-0.2, -0.15) is 0 Å². The van der Waals surface area contributed by atoms with E-state index in [-0.39, 0.29) is 17.0 Å². The summed E-state index contributed by atoms with van der Waals surface area (Å²) in [5.41, 5.74) is 1.60. The molecule has 1 aromatic carbocycles. The van der Waals surface area contributed by atoms with Crippen LogP contribution < -0.4 is 5.32 Å². The molecular formula is C13H14FNO. The molecule has 16 heavy (non-hydrogen) atoms. The van der Waals surface area contributed by atoms with Crippen LogP contribution in [0.2, 0.25) is 0 Å². The molecule has 0 radical (unpaired) electrons. The van der Waals surface area contributed by atoms with E-state index in [1.165, 1.54) is 6.07 Å². The molecule has 1 aliphatic heterocycles. The molecule has 1 N–H and O–H groups in total. The average Bonchev–Trinajstić information content (AvgIpc) is 2.53. The Kier molecular flexibility index (Phi) is 2.11. The molecule has 1 heterocycles. The summed E-state index contributed by atoms with van der Waals surface area (Å²) in [5.74, 6) is -0.0525. The predicted molar refractivity (Wildman–Crippen MR) is 59.1 cm³/mol. The number of hydrogen-bond acceptors (Lipinski definition) is 2. The summed E-state index contributed by atoms with van der Waals surface area (Å²) in [6.45, 7) is 1.84. The lowest BCUT2D eigenvalue weighted by Crippen LogP contribution is -2.38. The Morgan fingerprint density at radius 3 is 2.75 bits per heavy atom. The molecular weight excluding hydrogens is 205 g/mol. The summed E-state index contributed by atoms with van der Waals surface area (Å²) < 4.78 is 13.3. The fraction of sp³-hybridized carbons (Fsp3) is 0.462. The number of fused-ring (bicyclic) bond motifs is 2. The van der Waals surface area contributed by atoms with Crippen molar-refractivity contribution in [1.82, 2.24) is 5.32 Å². The number of carbonyl (C=O) groups excluding carboxylic acids is 1. The molecule has 0 atom stereocenters. The molecule has 1 aromatic rings. The summed E-state index contributed by atoms with van der Waals surface area (Å²) in [6, 6.07) is 4.59. The van der Waals surface area contributed by atoms with Gasteiger partial charge in [-0.25, -0.2) is 4.39 Å². The molecule has 1 fully saturated rings. The van der Waals surface area contributed by atoms with Crippen LogP contribution in [0.4, 0.5) is 4.39 Å². The number of nitrogens with one attached hydrogen (secondary N) is 1. The maximum Gasteiger partial charge on any atom is 0.164 e. The topological polar surface area (TPSA) is 29.1 Å². The number of benzene rings is 1.